The molecule has 40 heavy (non-hydrogen) atoms. The molecule has 0 bridgehead atoms. The van der Waals surface area contributed by atoms with Gasteiger partial charge in [-0.15, -0.1) is 11.3 Å². The predicted octanol–water partition coefficient (Wildman–Crippen LogP) is 5.73. The van der Waals surface area contributed by atoms with Crippen molar-refractivity contribution in [2.24, 2.45) is 0 Å². The number of rotatable bonds is 9. The molecular formula is C30H29FN4O4S. The first kappa shape index (κ1) is 27.3. The summed E-state index contributed by atoms with van der Waals surface area (Å²) in [5.74, 6) is -0.575. The molecule has 3 aromatic heterocycles. The van der Waals surface area contributed by atoms with E-state index in [1.54, 1.807) is 68.0 Å². The Labute approximate surface area is 234 Å². The Morgan fingerprint density at radius 1 is 1.12 bits per heavy atom. The van der Waals surface area contributed by atoms with Crippen LogP contribution in [-0.2, 0) is 13.0 Å². The smallest absolute Gasteiger partial charge is 0.282 e. The van der Waals surface area contributed by atoms with Crippen LogP contribution in [0.5, 0.6) is 11.5 Å². The summed E-state index contributed by atoms with van der Waals surface area (Å²) in [6.45, 7) is 5.04. The Morgan fingerprint density at radius 2 is 1.88 bits per heavy atom. The number of thiophene rings is 1. The molecule has 0 aliphatic rings. The number of Topliss-reactive ketones (excluding diaryl/α,β-unsaturated/α-hetero) is 1. The second-order valence-electron chi connectivity index (χ2n) is 10.1. The highest BCUT2D eigenvalue weighted by molar-refractivity contribution is 7.23. The molecule has 8 nitrogen and oxygen atoms in total. The largest absolute Gasteiger partial charge is 0.453 e. The van der Waals surface area contributed by atoms with Crippen molar-refractivity contribution in [2.45, 2.75) is 39.3 Å². The van der Waals surface area contributed by atoms with Crippen molar-refractivity contribution in [3.05, 3.63) is 99.9 Å². The summed E-state index contributed by atoms with van der Waals surface area (Å²) in [7, 11) is 1.81. The van der Waals surface area contributed by atoms with Crippen molar-refractivity contribution in [1.82, 2.24) is 14.3 Å². The Kier molecular flexibility index (Phi) is 7.31. The van der Waals surface area contributed by atoms with E-state index in [4.69, 9.17) is 4.74 Å². The molecule has 0 fully saturated rings. The van der Waals surface area contributed by atoms with Crippen LogP contribution in [0.2, 0.25) is 0 Å². The minimum Gasteiger partial charge on any atom is -0.453 e. The minimum atomic E-state index is -1.13. The van der Waals surface area contributed by atoms with Gasteiger partial charge in [-0.2, -0.15) is 0 Å². The van der Waals surface area contributed by atoms with Crippen LogP contribution in [0, 0.1) is 12.7 Å². The van der Waals surface area contributed by atoms with Crippen molar-refractivity contribution in [1.29, 1.82) is 0 Å². The molecule has 0 spiro atoms. The van der Waals surface area contributed by atoms with Gasteiger partial charge < -0.3 is 15.2 Å². The molecule has 5 rings (SSSR count). The van der Waals surface area contributed by atoms with E-state index in [1.807, 2.05) is 19.2 Å². The molecule has 0 unspecified atom stereocenters. The van der Waals surface area contributed by atoms with E-state index in [2.05, 4.69) is 10.3 Å². The number of benzene rings is 2. The standard InChI is InChI=1S/C30H29FN4O4S/c1-18-27(29(37)35(20-8-6-5-7-9-20)34(18)17-30(2,3)38)23(36)15-19-10-11-24(21(31)14-19)39-25-12-13-33-22-16-26(32-4)40-28(22)25/h5-14,16,32,38H,15,17H2,1-4H3. The van der Waals surface area contributed by atoms with E-state index < -0.39 is 22.8 Å². The van der Waals surface area contributed by atoms with Crippen LogP contribution >= 0.6 is 11.3 Å². The number of hydrogen-bond acceptors (Lipinski definition) is 7. The monoisotopic (exact) mass is 560 g/mol. The number of carbonyl (C=O) groups excluding carboxylic acids is 1. The van der Waals surface area contributed by atoms with Gasteiger partial charge in [0.1, 0.15) is 11.3 Å². The van der Waals surface area contributed by atoms with Crippen molar-refractivity contribution in [3.63, 3.8) is 0 Å². The van der Waals surface area contributed by atoms with Crippen LogP contribution in [0.4, 0.5) is 9.39 Å². The molecule has 0 atom stereocenters. The van der Waals surface area contributed by atoms with Crippen LogP contribution in [-0.4, -0.2) is 37.9 Å². The van der Waals surface area contributed by atoms with Gasteiger partial charge >= 0.3 is 0 Å². The zero-order valence-electron chi connectivity index (χ0n) is 22.6. The molecule has 2 N–H and O–H groups in total. The van der Waals surface area contributed by atoms with Gasteiger partial charge in [0.15, 0.2) is 17.3 Å². The maximum atomic E-state index is 15.1. The molecule has 0 aliphatic heterocycles. The Morgan fingerprint density at radius 3 is 2.55 bits per heavy atom. The molecule has 5 aromatic rings. The molecule has 2 aromatic carbocycles. The fraction of sp³-hybridized carbons (Fsp3) is 0.233. The average Bonchev–Trinajstić information content (AvgIpc) is 3.44. The van der Waals surface area contributed by atoms with Crippen LogP contribution < -0.4 is 15.6 Å². The third-order valence-electron chi connectivity index (χ3n) is 6.42. The summed E-state index contributed by atoms with van der Waals surface area (Å²) in [5, 5.41) is 14.5. The minimum absolute atomic E-state index is 0.00560. The maximum absolute atomic E-state index is 15.1. The van der Waals surface area contributed by atoms with Gasteiger partial charge in [-0.25, -0.2) is 9.07 Å². The zero-order chi connectivity index (χ0) is 28.6. The number of ketones is 1. The van der Waals surface area contributed by atoms with Crippen LogP contribution in [0.3, 0.4) is 0 Å². The third-order valence-corrected chi connectivity index (χ3v) is 7.57. The van der Waals surface area contributed by atoms with Gasteiger partial charge in [0.05, 0.1) is 33.1 Å². The Bertz CT molecular complexity index is 1770. The molecule has 10 heteroatoms. The molecule has 0 radical (unpaired) electrons. The maximum Gasteiger partial charge on any atom is 0.282 e. The number of nitrogens with zero attached hydrogens (tertiary/aromatic N) is 3. The highest BCUT2D eigenvalue weighted by atomic mass is 32.1. The number of nitrogens with one attached hydrogen (secondary N) is 1. The lowest BCUT2D eigenvalue weighted by atomic mass is 10.0. The summed E-state index contributed by atoms with van der Waals surface area (Å²) in [6, 6.07) is 16.8. The number of pyridine rings is 1. The number of anilines is 1. The number of halogens is 1. The number of fused-ring (bicyclic) bond motifs is 1. The van der Waals surface area contributed by atoms with Crippen LogP contribution in [0.25, 0.3) is 15.9 Å². The molecule has 206 valence electrons. The highest BCUT2D eigenvalue weighted by Gasteiger charge is 2.27. The van der Waals surface area contributed by atoms with Crippen molar-refractivity contribution in [3.8, 4) is 17.2 Å². The normalized spacial score (nSPS) is 11.7. The van der Waals surface area contributed by atoms with E-state index in [1.165, 1.54) is 28.2 Å². The van der Waals surface area contributed by atoms with Crippen molar-refractivity contribution < 1.29 is 19.0 Å². The second-order valence-corrected chi connectivity index (χ2v) is 11.2. The topological polar surface area (TPSA) is 98.4 Å². The Hall–Kier alpha value is -4.28. The fourth-order valence-corrected chi connectivity index (χ4v) is 5.52. The van der Waals surface area contributed by atoms with Gasteiger partial charge in [-0.1, -0.05) is 24.3 Å². The summed E-state index contributed by atoms with van der Waals surface area (Å²) in [5.41, 5.74) is 0.530. The molecule has 0 saturated heterocycles. The summed E-state index contributed by atoms with van der Waals surface area (Å²) < 4.78 is 24.8. The highest BCUT2D eigenvalue weighted by Crippen LogP contribution is 2.37. The summed E-state index contributed by atoms with van der Waals surface area (Å²) in [6.07, 6.45) is 1.42. The molecule has 0 amide bonds. The van der Waals surface area contributed by atoms with E-state index in [0.29, 0.717) is 22.7 Å². The number of ether oxygens (including phenoxy) is 1. The summed E-state index contributed by atoms with van der Waals surface area (Å²) >= 11 is 1.45. The molecule has 0 saturated carbocycles. The van der Waals surface area contributed by atoms with Crippen LogP contribution in [0.1, 0.15) is 35.5 Å². The first-order valence-corrected chi connectivity index (χ1v) is 13.5. The number of carbonyl (C=O) groups is 1. The second kappa shape index (κ2) is 10.7. The lowest BCUT2D eigenvalue weighted by Crippen LogP contribution is -2.32. The Balaban J connectivity index is 1.44. The van der Waals surface area contributed by atoms with E-state index in [9.17, 15) is 14.7 Å². The molecule has 3 heterocycles. The SMILES string of the molecule is CNc1cc2nccc(Oc3ccc(CC(=O)c4c(C)n(CC(C)(C)O)n(-c5ccccc5)c4=O)cc3F)c2s1. The lowest BCUT2D eigenvalue weighted by Gasteiger charge is -2.22. The number of aliphatic hydroxyl groups is 1. The predicted molar refractivity (Wildman–Crippen MR) is 155 cm³/mol. The van der Waals surface area contributed by atoms with Gasteiger partial charge in [0.2, 0.25) is 0 Å². The average molecular weight is 561 g/mol. The molecule has 0 aliphatic carbocycles. The van der Waals surface area contributed by atoms with Crippen molar-refractivity contribution >= 4 is 32.3 Å². The van der Waals surface area contributed by atoms with Crippen LogP contribution in [0.15, 0.2) is 71.7 Å². The quantitative estimate of drug-likeness (QED) is 0.224. The molecular weight excluding hydrogens is 531 g/mol. The first-order chi connectivity index (χ1) is 19.1. The van der Waals surface area contributed by atoms with E-state index in [0.717, 1.165) is 15.2 Å². The van der Waals surface area contributed by atoms with Gasteiger partial charge in [0.25, 0.3) is 5.56 Å². The van der Waals surface area contributed by atoms with Gasteiger partial charge in [-0.3, -0.25) is 19.3 Å². The van der Waals surface area contributed by atoms with Crippen molar-refractivity contribution in [2.75, 3.05) is 12.4 Å². The van der Waals surface area contributed by atoms with Gasteiger partial charge in [-0.05, 0) is 56.7 Å². The third kappa shape index (κ3) is 5.41. The zero-order valence-corrected chi connectivity index (χ0v) is 23.4. The fourth-order valence-electron chi connectivity index (χ4n) is 4.60. The summed E-state index contributed by atoms with van der Waals surface area (Å²) in [4.78, 5) is 31.3. The van der Waals surface area contributed by atoms with E-state index in [-0.39, 0.29) is 24.3 Å². The first-order valence-electron chi connectivity index (χ1n) is 12.7. The number of aromatic nitrogens is 3. The number of hydrogen-bond donors (Lipinski definition) is 2. The number of para-hydroxylation sites is 1. The van der Waals surface area contributed by atoms with E-state index >= 15 is 4.39 Å². The van der Waals surface area contributed by atoms with Gasteiger partial charge in [0, 0.05) is 31.4 Å². The lowest BCUT2D eigenvalue weighted by molar-refractivity contribution is 0.0546.